The molecule has 0 N–H and O–H groups in total. The van der Waals surface area contributed by atoms with E-state index in [2.05, 4.69) is 133 Å². The molecule has 187 valence electrons. The summed E-state index contributed by atoms with van der Waals surface area (Å²) in [5, 5.41) is 8.89. The van der Waals surface area contributed by atoms with E-state index in [1.54, 1.807) is 0 Å². The molecule has 2 nitrogen and oxygen atoms in total. The second-order valence-corrected chi connectivity index (χ2v) is 18.8. The van der Waals surface area contributed by atoms with E-state index in [4.69, 9.17) is 9.90 Å². The summed E-state index contributed by atoms with van der Waals surface area (Å²) in [6.07, 6.45) is 0. The minimum atomic E-state index is -1.84. The predicted molar refractivity (Wildman–Crippen MR) is 149 cm³/mol. The molecule has 0 fully saturated rings. The molecular weight excluding hydrogens is 535 g/mol. The number of carbonyl (C=O) groups excluding carboxylic acids is 1. The van der Waals surface area contributed by atoms with Crippen LogP contribution < -0.4 is 5.11 Å². The maximum absolute atomic E-state index is 8.89. The Hall–Kier alpha value is -2.07. The maximum atomic E-state index is 8.89. The summed E-state index contributed by atoms with van der Waals surface area (Å²) in [5.74, 6) is -1.08. The molecule has 0 amide bonds. The van der Waals surface area contributed by atoms with Crippen LogP contribution in [0.2, 0.25) is 13.3 Å². The van der Waals surface area contributed by atoms with Crippen molar-refractivity contribution >= 4 is 25.7 Å². The molecule has 3 aromatic carbocycles. The van der Waals surface area contributed by atoms with Gasteiger partial charge in [-0.1, -0.05) is 0 Å². The normalized spacial score (nSPS) is 12.1. The zero-order valence-corrected chi connectivity index (χ0v) is 25.5. The summed E-state index contributed by atoms with van der Waals surface area (Å²) in [4.78, 5) is 8.89. The van der Waals surface area contributed by atoms with Gasteiger partial charge in [-0.05, 0) is 6.92 Å². The van der Waals surface area contributed by atoms with Crippen LogP contribution in [0, 0.1) is 0 Å². The Morgan fingerprint density at radius 3 is 0.971 bits per heavy atom. The first-order valence-electron chi connectivity index (χ1n) is 12.5. The number of hydrogen-bond donors (Lipinski definition) is 0. The molecule has 0 saturated heterocycles. The second-order valence-electron chi connectivity index (χ2n) is 11.5. The van der Waals surface area contributed by atoms with Crippen LogP contribution >= 0.6 is 0 Å². The van der Waals surface area contributed by atoms with E-state index in [0.29, 0.717) is 0 Å². The van der Waals surface area contributed by atoms with Crippen molar-refractivity contribution in [1.82, 2.24) is 0 Å². The van der Waals surface area contributed by atoms with Crippen molar-refractivity contribution in [3.05, 3.63) is 108 Å². The van der Waals surface area contributed by atoms with Gasteiger partial charge < -0.3 is 9.90 Å². The number of carboxylic acids is 1. The van der Waals surface area contributed by atoms with Crippen LogP contribution in [0.15, 0.2) is 91.0 Å². The average molecular weight is 577 g/mol. The van der Waals surface area contributed by atoms with Gasteiger partial charge >= 0.3 is 199 Å². The number of hydrogen-bond acceptors (Lipinski definition) is 2. The molecule has 0 aliphatic carbocycles. The number of carbonyl (C=O) groups is 1. The van der Waals surface area contributed by atoms with Crippen LogP contribution in [0.3, 0.4) is 0 Å². The first-order chi connectivity index (χ1) is 16.3. The molecule has 0 saturated carbocycles. The fraction of sp³-hybridized carbons (Fsp3) is 0.406. The molecule has 3 rings (SSSR count). The van der Waals surface area contributed by atoms with Gasteiger partial charge in [0.2, 0.25) is 0 Å². The molecular formula is C32H42O2Sn-. The van der Waals surface area contributed by atoms with E-state index in [9.17, 15) is 0 Å². The topological polar surface area (TPSA) is 40.1 Å². The first kappa shape index (κ1) is 29.2. The Labute approximate surface area is 220 Å². The monoisotopic (exact) mass is 578 g/mol. The first-order valence-corrected chi connectivity index (χ1v) is 18.6. The van der Waals surface area contributed by atoms with Crippen LogP contribution in [-0.4, -0.2) is 25.7 Å². The third kappa shape index (κ3) is 9.48. The van der Waals surface area contributed by atoms with E-state index < -0.39 is 25.7 Å². The number of aliphatic carboxylic acids is 1. The van der Waals surface area contributed by atoms with Crippen LogP contribution in [0.25, 0.3) is 0 Å². The molecule has 0 aromatic heterocycles. The van der Waals surface area contributed by atoms with Gasteiger partial charge in [0.25, 0.3) is 0 Å². The van der Waals surface area contributed by atoms with Crippen molar-refractivity contribution in [2.45, 2.75) is 78.0 Å². The molecule has 0 unspecified atom stereocenters. The van der Waals surface area contributed by atoms with Crippen LogP contribution in [0.5, 0.6) is 0 Å². The van der Waals surface area contributed by atoms with Crippen molar-refractivity contribution in [3.63, 3.8) is 0 Å². The fourth-order valence-corrected chi connectivity index (χ4v) is 18.6. The van der Waals surface area contributed by atoms with Gasteiger partial charge in [-0.3, -0.25) is 0 Å². The Morgan fingerprint density at radius 1 is 0.571 bits per heavy atom. The molecule has 1 radical (unpaired) electrons. The van der Waals surface area contributed by atoms with Crippen molar-refractivity contribution in [2.24, 2.45) is 0 Å². The third-order valence-electron chi connectivity index (χ3n) is 6.74. The number of rotatable bonds is 9. The molecule has 0 spiro atoms. The van der Waals surface area contributed by atoms with E-state index in [0.717, 1.165) is 6.92 Å². The summed E-state index contributed by atoms with van der Waals surface area (Å²) in [5.41, 5.74) is 5.16. The summed E-state index contributed by atoms with van der Waals surface area (Å²) in [6, 6.07) is 33.5. The fourth-order valence-electron chi connectivity index (χ4n) is 5.04. The molecule has 0 aliphatic rings. The molecule has 35 heavy (non-hydrogen) atoms. The zero-order chi connectivity index (χ0) is 26.1. The van der Waals surface area contributed by atoms with E-state index in [-0.39, 0.29) is 16.2 Å². The number of benzene rings is 3. The minimum absolute atomic E-state index is 0.232. The Balaban J connectivity index is 0.00000100. The van der Waals surface area contributed by atoms with E-state index in [1.165, 1.54) is 30.0 Å². The van der Waals surface area contributed by atoms with Crippen molar-refractivity contribution in [1.29, 1.82) is 0 Å². The van der Waals surface area contributed by atoms with Gasteiger partial charge in [0, 0.05) is 5.97 Å². The van der Waals surface area contributed by atoms with E-state index in [1.807, 2.05) is 0 Å². The molecule has 3 heteroatoms. The van der Waals surface area contributed by atoms with Gasteiger partial charge in [0.05, 0.1) is 0 Å². The molecule has 0 atom stereocenters. The van der Waals surface area contributed by atoms with Crippen LogP contribution in [0.1, 0.15) is 65.2 Å². The summed E-state index contributed by atoms with van der Waals surface area (Å²) < 4.78 is 4.14. The average Bonchev–Trinajstić information content (AvgIpc) is 2.79. The van der Waals surface area contributed by atoms with Crippen LogP contribution in [0.4, 0.5) is 0 Å². The standard InChI is InChI=1S/3C10H13.C2H4O2.Sn/c3*1-10(2,3)9-7-5-4-6-8-9;1-2(3)4;/h3*4-8H,1H2,2-3H3;1H3,(H,3,4);/p-1. The zero-order valence-electron chi connectivity index (χ0n) is 22.6. The molecule has 3 aromatic rings. The van der Waals surface area contributed by atoms with Gasteiger partial charge in [-0.2, -0.15) is 0 Å². The van der Waals surface area contributed by atoms with Gasteiger partial charge in [0.15, 0.2) is 0 Å². The second kappa shape index (κ2) is 12.8. The molecule has 0 aliphatic heterocycles. The number of carboxylic acid groups (broad SMARTS) is 1. The van der Waals surface area contributed by atoms with Gasteiger partial charge in [0.1, 0.15) is 0 Å². The van der Waals surface area contributed by atoms with Gasteiger partial charge in [-0.15, -0.1) is 0 Å². The van der Waals surface area contributed by atoms with E-state index >= 15 is 0 Å². The Kier molecular flexibility index (Phi) is 10.6. The van der Waals surface area contributed by atoms with Crippen molar-refractivity contribution in [2.75, 3.05) is 0 Å². The Bertz CT molecular complexity index is 894. The Morgan fingerprint density at radius 2 is 0.771 bits per heavy atom. The summed E-state index contributed by atoms with van der Waals surface area (Å²) in [7, 11) is 0. The predicted octanol–water partition coefficient (Wildman–Crippen LogP) is 7.17. The van der Waals surface area contributed by atoms with Crippen molar-refractivity contribution in [3.8, 4) is 0 Å². The van der Waals surface area contributed by atoms with Gasteiger partial charge in [-0.25, -0.2) is 0 Å². The quantitative estimate of drug-likeness (QED) is 0.253. The summed E-state index contributed by atoms with van der Waals surface area (Å²) >= 11 is -1.84. The van der Waals surface area contributed by atoms with Crippen LogP contribution in [-0.2, 0) is 21.0 Å². The summed E-state index contributed by atoms with van der Waals surface area (Å²) in [6.45, 7) is 15.8. The third-order valence-corrected chi connectivity index (χ3v) is 18.6. The van der Waals surface area contributed by atoms with Crippen molar-refractivity contribution < 1.29 is 9.90 Å². The molecule has 0 heterocycles. The SMILES string of the molecule is CC(=O)[O-].CC(C)([CH2][Sn]([CH2]C(C)(C)c1ccccc1)[CH2]C(C)(C)c1ccccc1)c1ccccc1. The molecule has 0 bridgehead atoms.